The first kappa shape index (κ1) is 25.0. The van der Waals surface area contributed by atoms with Crippen LogP contribution in [-0.2, 0) is 25.7 Å². The average Bonchev–Trinajstić information content (AvgIpc) is 2.62. The smallest absolute Gasteiger partial charge is 0.317 e. The second kappa shape index (κ2) is 13.2. The van der Waals surface area contributed by atoms with E-state index in [1.807, 2.05) is 30.3 Å². The Hall–Kier alpha value is -3.02. The van der Waals surface area contributed by atoms with E-state index in [2.05, 4.69) is 0 Å². The van der Waals surface area contributed by atoms with Crippen LogP contribution < -0.4 is 0 Å². The van der Waals surface area contributed by atoms with E-state index >= 15 is 0 Å². The zero-order valence-electron chi connectivity index (χ0n) is 16.5. The third kappa shape index (κ3) is 11.7. The number of nitrogens with zero attached hydrogens (tertiary/aromatic N) is 3. The zero-order valence-corrected chi connectivity index (χ0v) is 16.5. The summed E-state index contributed by atoms with van der Waals surface area (Å²) in [4.78, 5) is 48.5. The second-order valence-electron chi connectivity index (χ2n) is 6.76. The second-order valence-corrected chi connectivity index (χ2v) is 6.76. The Kier molecular flexibility index (Phi) is 11.0. The van der Waals surface area contributed by atoms with Crippen LogP contribution in [0.3, 0.4) is 0 Å². The molecule has 0 aliphatic heterocycles. The van der Waals surface area contributed by atoms with Gasteiger partial charge in [-0.2, -0.15) is 0 Å². The molecule has 0 heterocycles. The van der Waals surface area contributed by atoms with Gasteiger partial charge in [0.05, 0.1) is 26.2 Å². The summed E-state index contributed by atoms with van der Waals surface area (Å²) in [7, 11) is 0. The SMILES string of the molecule is O=C(O)CN(CCN(CC(=O)O)CC(=O)O)CCN(CC(=O)O)Cc1ccccc1. The summed E-state index contributed by atoms with van der Waals surface area (Å²) in [6, 6.07) is 9.24. The standard InChI is InChI=1S/C19H27N3O8/c23-16(24)11-20(7-9-22(13-18(27)28)14-19(29)30)6-8-21(12-17(25)26)10-15-4-2-1-3-5-15/h1-5H,6-14H2,(H,23,24)(H,25,26)(H,27,28)(H,29,30). The maximum Gasteiger partial charge on any atom is 0.317 e. The molecule has 1 aromatic carbocycles. The normalized spacial score (nSPS) is 11.2. The minimum absolute atomic E-state index is 0.0451. The van der Waals surface area contributed by atoms with Crippen molar-refractivity contribution >= 4 is 23.9 Å². The van der Waals surface area contributed by atoms with Gasteiger partial charge in [-0.25, -0.2) is 0 Å². The van der Waals surface area contributed by atoms with E-state index in [0.717, 1.165) is 5.56 Å². The summed E-state index contributed by atoms with van der Waals surface area (Å²) in [6.45, 7) is -0.480. The summed E-state index contributed by atoms with van der Waals surface area (Å²) in [5.41, 5.74) is 0.914. The van der Waals surface area contributed by atoms with Crippen molar-refractivity contribution in [1.29, 1.82) is 0 Å². The number of aliphatic carboxylic acids is 4. The van der Waals surface area contributed by atoms with Gasteiger partial charge in [0.2, 0.25) is 0 Å². The first-order chi connectivity index (χ1) is 14.2. The van der Waals surface area contributed by atoms with Crippen molar-refractivity contribution in [2.45, 2.75) is 6.54 Å². The predicted octanol–water partition coefficient (Wildman–Crippen LogP) is -0.569. The molecule has 0 spiro atoms. The lowest BCUT2D eigenvalue weighted by Gasteiger charge is -2.27. The van der Waals surface area contributed by atoms with E-state index in [1.165, 1.54) is 9.80 Å². The monoisotopic (exact) mass is 425 g/mol. The highest BCUT2D eigenvalue weighted by Gasteiger charge is 2.18. The number of carbonyl (C=O) groups is 4. The Morgan fingerprint density at radius 1 is 0.567 bits per heavy atom. The van der Waals surface area contributed by atoms with E-state index in [4.69, 9.17) is 20.4 Å². The third-order valence-corrected chi connectivity index (χ3v) is 4.15. The van der Waals surface area contributed by atoms with Gasteiger partial charge in [-0.15, -0.1) is 0 Å². The highest BCUT2D eigenvalue weighted by Crippen LogP contribution is 2.05. The molecule has 166 valence electrons. The van der Waals surface area contributed by atoms with Crippen molar-refractivity contribution in [3.8, 4) is 0 Å². The van der Waals surface area contributed by atoms with Gasteiger partial charge in [0.25, 0.3) is 0 Å². The minimum Gasteiger partial charge on any atom is -0.480 e. The molecule has 11 nitrogen and oxygen atoms in total. The molecule has 0 aliphatic rings. The maximum atomic E-state index is 11.2. The number of benzene rings is 1. The Labute approximate surface area is 173 Å². The first-order valence-electron chi connectivity index (χ1n) is 9.24. The van der Waals surface area contributed by atoms with Crippen molar-refractivity contribution in [2.24, 2.45) is 0 Å². The average molecular weight is 425 g/mol. The van der Waals surface area contributed by atoms with E-state index in [-0.39, 0.29) is 39.3 Å². The molecule has 1 rings (SSSR count). The zero-order chi connectivity index (χ0) is 22.5. The number of hydrogen-bond donors (Lipinski definition) is 4. The van der Waals surface area contributed by atoms with Crippen LogP contribution >= 0.6 is 0 Å². The van der Waals surface area contributed by atoms with Crippen LogP contribution in [0.25, 0.3) is 0 Å². The molecule has 0 bridgehead atoms. The molecular formula is C19H27N3O8. The Morgan fingerprint density at radius 3 is 1.40 bits per heavy atom. The fraction of sp³-hybridized carbons (Fsp3) is 0.474. The van der Waals surface area contributed by atoms with Crippen LogP contribution in [0.15, 0.2) is 30.3 Å². The van der Waals surface area contributed by atoms with E-state index in [9.17, 15) is 19.2 Å². The fourth-order valence-corrected chi connectivity index (χ4v) is 2.87. The molecule has 0 aliphatic carbocycles. The van der Waals surface area contributed by atoms with E-state index in [0.29, 0.717) is 6.54 Å². The number of carboxylic acid groups (broad SMARTS) is 4. The number of carboxylic acids is 4. The van der Waals surface area contributed by atoms with Crippen molar-refractivity contribution in [2.75, 3.05) is 52.4 Å². The highest BCUT2D eigenvalue weighted by molar-refractivity contribution is 5.72. The molecule has 0 unspecified atom stereocenters. The Bertz CT molecular complexity index is 697. The molecule has 0 fully saturated rings. The molecule has 30 heavy (non-hydrogen) atoms. The largest absolute Gasteiger partial charge is 0.480 e. The van der Waals surface area contributed by atoms with E-state index in [1.54, 1.807) is 4.90 Å². The van der Waals surface area contributed by atoms with Crippen molar-refractivity contribution in [3.63, 3.8) is 0 Å². The molecule has 0 aromatic heterocycles. The molecule has 0 saturated heterocycles. The first-order valence-corrected chi connectivity index (χ1v) is 9.24. The third-order valence-electron chi connectivity index (χ3n) is 4.15. The predicted molar refractivity (Wildman–Crippen MR) is 105 cm³/mol. The van der Waals surface area contributed by atoms with Crippen LogP contribution in [0.2, 0.25) is 0 Å². The van der Waals surface area contributed by atoms with Gasteiger partial charge in [-0.3, -0.25) is 33.9 Å². The van der Waals surface area contributed by atoms with Gasteiger partial charge >= 0.3 is 23.9 Å². The molecule has 0 atom stereocenters. The molecule has 11 heteroatoms. The summed E-state index contributed by atoms with van der Waals surface area (Å²) in [6.07, 6.45) is 0. The lowest BCUT2D eigenvalue weighted by atomic mass is 10.2. The lowest BCUT2D eigenvalue weighted by Crippen LogP contribution is -2.44. The summed E-state index contributed by atoms with van der Waals surface area (Å²) >= 11 is 0. The molecule has 1 aromatic rings. The summed E-state index contributed by atoms with van der Waals surface area (Å²) < 4.78 is 0. The van der Waals surface area contributed by atoms with Gasteiger partial charge in [-0.1, -0.05) is 30.3 Å². The van der Waals surface area contributed by atoms with Gasteiger partial charge in [0.1, 0.15) is 0 Å². The number of rotatable bonds is 16. The van der Waals surface area contributed by atoms with Crippen LogP contribution in [0.1, 0.15) is 5.56 Å². The van der Waals surface area contributed by atoms with Gasteiger partial charge in [-0.05, 0) is 5.56 Å². The molecular weight excluding hydrogens is 398 g/mol. The molecule has 0 radical (unpaired) electrons. The highest BCUT2D eigenvalue weighted by atomic mass is 16.4. The molecule has 4 N–H and O–H groups in total. The topological polar surface area (TPSA) is 159 Å². The Balaban J connectivity index is 2.72. The minimum atomic E-state index is -1.18. The van der Waals surface area contributed by atoms with E-state index < -0.39 is 37.0 Å². The van der Waals surface area contributed by atoms with Crippen LogP contribution in [0, 0.1) is 0 Å². The Morgan fingerprint density at radius 2 is 0.933 bits per heavy atom. The van der Waals surface area contributed by atoms with Crippen LogP contribution in [0.5, 0.6) is 0 Å². The van der Waals surface area contributed by atoms with Crippen molar-refractivity contribution < 1.29 is 39.6 Å². The van der Waals surface area contributed by atoms with Crippen molar-refractivity contribution in [1.82, 2.24) is 14.7 Å². The van der Waals surface area contributed by atoms with Crippen LogP contribution in [0.4, 0.5) is 0 Å². The lowest BCUT2D eigenvalue weighted by molar-refractivity contribution is -0.143. The molecule has 0 saturated carbocycles. The van der Waals surface area contributed by atoms with Crippen LogP contribution in [-0.4, -0.2) is 111 Å². The fourth-order valence-electron chi connectivity index (χ4n) is 2.87. The summed E-state index contributed by atoms with van der Waals surface area (Å²) in [5.74, 6) is -4.47. The van der Waals surface area contributed by atoms with Gasteiger partial charge in [0, 0.05) is 32.7 Å². The maximum absolute atomic E-state index is 11.2. The number of hydrogen-bond acceptors (Lipinski definition) is 7. The molecule has 0 amide bonds. The van der Waals surface area contributed by atoms with Gasteiger partial charge < -0.3 is 20.4 Å². The van der Waals surface area contributed by atoms with Crippen molar-refractivity contribution in [3.05, 3.63) is 35.9 Å². The quantitative estimate of drug-likeness (QED) is 0.269. The summed E-state index contributed by atoms with van der Waals surface area (Å²) in [5, 5.41) is 36.1. The van der Waals surface area contributed by atoms with Gasteiger partial charge in [0.15, 0.2) is 0 Å².